The Kier molecular flexibility index (Phi) is 5.80. The van der Waals surface area contributed by atoms with E-state index in [1.807, 2.05) is 25.1 Å². The molecular formula is C24H20N4O3S3. The molecule has 0 atom stereocenters. The molecule has 10 heteroatoms. The quantitative estimate of drug-likeness (QED) is 0.318. The van der Waals surface area contributed by atoms with Crippen molar-refractivity contribution in [3.63, 3.8) is 0 Å². The number of thiazole rings is 2. The van der Waals surface area contributed by atoms with Crippen LogP contribution < -0.4 is 9.62 Å². The summed E-state index contributed by atoms with van der Waals surface area (Å²) >= 11 is 3.00. The molecule has 0 aliphatic heterocycles. The van der Waals surface area contributed by atoms with Gasteiger partial charge >= 0.3 is 0 Å². The summed E-state index contributed by atoms with van der Waals surface area (Å²) in [4.78, 5) is 22.0. The monoisotopic (exact) mass is 508 g/mol. The first-order valence-corrected chi connectivity index (χ1v) is 13.6. The Bertz CT molecular complexity index is 1610. The molecule has 0 aliphatic carbocycles. The van der Waals surface area contributed by atoms with Crippen LogP contribution in [0.2, 0.25) is 0 Å². The van der Waals surface area contributed by atoms with Crippen molar-refractivity contribution in [3.05, 3.63) is 77.3 Å². The number of hydrogen-bond donors (Lipinski definition) is 1. The normalized spacial score (nSPS) is 11.7. The Hall–Kier alpha value is -3.34. The van der Waals surface area contributed by atoms with E-state index < -0.39 is 10.0 Å². The average molecular weight is 509 g/mol. The van der Waals surface area contributed by atoms with Crippen molar-refractivity contribution in [2.75, 3.05) is 16.2 Å². The van der Waals surface area contributed by atoms with Crippen LogP contribution >= 0.6 is 22.7 Å². The highest BCUT2D eigenvalue weighted by Gasteiger charge is 2.24. The van der Waals surface area contributed by atoms with Crippen LogP contribution in [0.5, 0.6) is 0 Å². The van der Waals surface area contributed by atoms with Gasteiger partial charge in [0.2, 0.25) is 0 Å². The number of anilines is 2. The van der Waals surface area contributed by atoms with Crippen LogP contribution in [0.3, 0.4) is 0 Å². The fourth-order valence-electron chi connectivity index (χ4n) is 3.70. The summed E-state index contributed by atoms with van der Waals surface area (Å²) in [5, 5.41) is 4.29. The molecular weight excluding hydrogens is 488 g/mol. The van der Waals surface area contributed by atoms with Crippen LogP contribution in [0.25, 0.3) is 20.4 Å². The minimum Gasteiger partial charge on any atom is -0.298 e. The second kappa shape index (κ2) is 8.79. The van der Waals surface area contributed by atoms with E-state index in [0.29, 0.717) is 22.9 Å². The van der Waals surface area contributed by atoms with E-state index in [1.54, 1.807) is 42.5 Å². The van der Waals surface area contributed by atoms with Gasteiger partial charge in [-0.05, 0) is 62.4 Å². The predicted molar refractivity (Wildman–Crippen MR) is 139 cm³/mol. The van der Waals surface area contributed by atoms with Crippen LogP contribution in [0.15, 0.2) is 71.6 Å². The Labute approximate surface area is 204 Å². The zero-order chi connectivity index (χ0) is 23.9. The number of fused-ring (bicyclic) bond motifs is 3. The smallest absolute Gasteiger partial charge is 0.264 e. The van der Waals surface area contributed by atoms with E-state index in [1.165, 1.54) is 39.9 Å². The van der Waals surface area contributed by atoms with Crippen molar-refractivity contribution in [1.29, 1.82) is 0 Å². The third kappa shape index (κ3) is 4.04. The molecule has 0 fully saturated rings. The number of nitrogens with one attached hydrogen (secondary N) is 1. The average Bonchev–Trinajstić information content (AvgIpc) is 3.42. The van der Waals surface area contributed by atoms with Gasteiger partial charge < -0.3 is 0 Å². The topological polar surface area (TPSA) is 92.3 Å². The van der Waals surface area contributed by atoms with Gasteiger partial charge in [0.25, 0.3) is 15.9 Å². The highest BCUT2D eigenvalue weighted by Crippen LogP contribution is 2.36. The first kappa shape index (κ1) is 22.5. The van der Waals surface area contributed by atoms with Crippen LogP contribution in [-0.2, 0) is 10.0 Å². The minimum atomic E-state index is -3.76. The van der Waals surface area contributed by atoms with Crippen molar-refractivity contribution in [1.82, 2.24) is 9.97 Å². The Morgan fingerprint density at radius 2 is 1.56 bits per heavy atom. The number of aromatic nitrogens is 2. The van der Waals surface area contributed by atoms with Crippen LogP contribution in [-0.4, -0.2) is 30.8 Å². The largest absolute Gasteiger partial charge is 0.298 e. The molecule has 7 nitrogen and oxygen atoms in total. The highest BCUT2D eigenvalue weighted by atomic mass is 32.2. The number of amides is 1. The molecule has 2 heterocycles. The fraction of sp³-hybridized carbons (Fsp3) is 0.125. The zero-order valence-electron chi connectivity index (χ0n) is 18.3. The van der Waals surface area contributed by atoms with E-state index in [4.69, 9.17) is 0 Å². The first-order chi connectivity index (χ1) is 16.4. The Morgan fingerprint density at radius 1 is 0.912 bits per heavy atom. The lowest BCUT2D eigenvalue weighted by atomic mass is 10.2. The molecule has 2 aromatic heterocycles. The van der Waals surface area contributed by atoms with Crippen LogP contribution in [0, 0.1) is 6.92 Å². The number of carbonyl (C=O) groups is 1. The number of hydrogen-bond acceptors (Lipinski definition) is 7. The van der Waals surface area contributed by atoms with E-state index in [2.05, 4.69) is 15.3 Å². The molecule has 0 saturated heterocycles. The molecule has 0 unspecified atom stereocenters. The Morgan fingerprint density at radius 3 is 2.24 bits per heavy atom. The summed E-state index contributed by atoms with van der Waals surface area (Å²) in [5.41, 5.74) is 2.66. The fourth-order valence-corrected chi connectivity index (χ4v) is 7.17. The van der Waals surface area contributed by atoms with Crippen molar-refractivity contribution >= 4 is 69.9 Å². The van der Waals surface area contributed by atoms with Gasteiger partial charge in [-0.15, -0.1) is 11.3 Å². The van der Waals surface area contributed by atoms with Gasteiger partial charge in [0.1, 0.15) is 0 Å². The van der Waals surface area contributed by atoms with Crippen molar-refractivity contribution in [2.45, 2.75) is 18.7 Å². The summed E-state index contributed by atoms with van der Waals surface area (Å²) in [6, 6.07) is 18.7. The lowest BCUT2D eigenvalue weighted by Crippen LogP contribution is -2.30. The number of carbonyl (C=O) groups excluding carboxylic acids is 1. The maximum Gasteiger partial charge on any atom is 0.264 e. The van der Waals surface area contributed by atoms with E-state index in [0.717, 1.165) is 25.4 Å². The number of rotatable bonds is 6. The molecule has 34 heavy (non-hydrogen) atoms. The van der Waals surface area contributed by atoms with Gasteiger partial charge in [-0.2, -0.15) is 0 Å². The molecule has 0 radical (unpaired) electrons. The van der Waals surface area contributed by atoms with Gasteiger partial charge in [-0.1, -0.05) is 29.5 Å². The van der Waals surface area contributed by atoms with Crippen molar-refractivity contribution in [3.8, 4) is 0 Å². The minimum absolute atomic E-state index is 0.123. The summed E-state index contributed by atoms with van der Waals surface area (Å²) in [5.74, 6) is -0.352. The summed E-state index contributed by atoms with van der Waals surface area (Å²) in [7, 11) is -3.76. The second-order valence-corrected chi connectivity index (χ2v) is 11.6. The van der Waals surface area contributed by atoms with Gasteiger partial charge in [0.15, 0.2) is 5.13 Å². The van der Waals surface area contributed by atoms with Gasteiger partial charge in [-0.25, -0.2) is 18.4 Å². The standard InChI is InChI=1S/C24H20N4O3S3/c1-3-28(17-7-5-4-6-8-17)34(30,31)18-11-9-16(10-12-18)23(29)27-24-26-20-14-13-19-21(22(20)33-24)32-15(2)25-19/h4-14H,3H2,1-2H3,(H,26,27,29). The molecule has 5 aromatic rings. The van der Waals surface area contributed by atoms with Crippen LogP contribution in [0.1, 0.15) is 22.3 Å². The number of nitrogens with zero attached hydrogens (tertiary/aromatic N) is 3. The van der Waals surface area contributed by atoms with E-state index >= 15 is 0 Å². The highest BCUT2D eigenvalue weighted by molar-refractivity contribution is 7.92. The predicted octanol–water partition coefficient (Wildman–Crippen LogP) is 5.68. The van der Waals surface area contributed by atoms with Gasteiger partial charge in [0, 0.05) is 12.1 Å². The van der Waals surface area contributed by atoms with Crippen LogP contribution in [0.4, 0.5) is 10.8 Å². The number of benzene rings is 3. The molecule has 0 aliphatic rings. The van der Waals surface area contributed by atoms with Gasteiger partial charge in [-0.3, -0.25) is 14.4 Å². The van der Waals surface area contributed by atoms with Gasteiger partial charge in [0.05, 0.1) is 36.0 Å². The summed E-state index contributed by atoms with van der Waals surface area (Å²) in [6.07, 6.45) is 0. The third-order valence-electron chi connectivity index (χ3n) is 5.28. The lowest BCUT2D eigenvalue weighted by molar-refractivity contribution is 0.102. The second-order valence-electron chi connectivity index (χ2n) is 7.50. The molecule has 0 saturated carbocycles. The molecule has 0 bridgehead atoms. The van der Waals surface area contributed by atoms with E-state index in [9.17, 15) is 13.2 Å². The third-order valence-corrected chi connectivity index (χ3v) is 9.33. The molecule has 3 aromatic carbocycles. The SMILES string of the molecule is CCN(c1ccccc1)S(=O)(=O)c1ccc(C(=O)Nc2nc3ccc4nc(C)sc4c3s2)cc1. The molecule has 0 spiro atoms. The van der Waals surface area contributed by atoms with Crippen molar-refractivity contribution < 1.29 is 13.2 Å². The molecule has 172 valence electrons. The van der Waals surface area contributed by atoms with Crippen molar-refractivity contribution in [2.24, 2.45) is 0 Å². The first-order valence-electron chi connectivity index (χ1n) is 10.5. The summed E-state index contributed by atoms with van der Waals surface area (Å²) < 4.78 is 29.7. The zero-order valence-corrected chi connectivity index (χ0v) is 20.8. The summed E-state index contributed by atoms with van der Waals surface area (Å²) in [6.45, 7) is 4.04. The number of sulfonamides is 1. The molecule has 1 N–H and O–H groups in total. The number of para-hydroxylation sites is 1. The lowest BCUT2D eigenvalue weighted by Gasteiger charge is -2.22. The van der Waals surface area contributed by atoms with E-state index in [-0.39, 0.29) is 10.8 Å². The molecule has 5 rings (SSSR count). The maximum atomic E-state index is 13.2. The maximum absolute atomic E-state index is 13.2. The number of aryl methyl sites for hydroxylation is 1. The Balaban J connectivity index is 1.38. The molecule has 1 amide bonds.